The van der Waals surface area contributed by atoms with Gasteiger partial charge in [0.2, 0.25) is 0 Å². The van der Waals surface area contributed by atoms with Crippen molar-refractivity contribution in [1.82, 2.24) is 15.3 Å². The molecule has 0 unspecified atom stereocenters. The van der Waals surface area contributed by atoms with E-state index in [1.165, 1.54) is 0 Å². The van der Waals surface area contributed by atoms with Crippen LogP contribution in [-0.4, -0.2) is 41.3 Å². The van der Waals surface area contributed by atoms with Crippen LogP contribution in [0.2, 0.25) is 0 Å². The van der Waals surface area contributed by atoms with Crippen LogP contribution in [0.5, 0.6) is 0 Å². The molecule has 21 heavy (non-hydrogen) atoms. The zero-order chi connectivity index (χ0) is 15.4. The number of nitrogens with zero attached hydrogens (tertiary/aromatic N) is 3. The average molecular weight is 308 g/mol. The number of aromatic nitrogens is 2. The Bertz CT molecular complexity index is 496. The third-order valence-electron chi connectivity index (χ3n) is 3.71. The molecule has 6 nitrogen and oxygen atoms in total. The molecule has 1 saturated carbocycles. The molecule has 116 valence electrons. The second-order valence-corrected chi connectivity index (χ2v) is 6.19. The zero-order valence-corrected chi connectivity index (χ0v) is 13.7. The van der Waals surface area contributed by atoms with Gasteiger partial charge in [0.25, 0.3) is 0 Å². The summed E-state index contributed by atoms with van der Waals surface area (Å²) in [6, 6.07) is 2.84. The van der Waals surface area contributed by atoms with E-state index in [0.717, 1.165) is 43.1 Å². The van der Waals surface area contributed by atoms with Crippen LogP contribution in [0.15, 0.2) is 6.07 Å². The van der Waals surface area contributed by atoms with Crippen LogP contribution in [0.4, 0.5) is 11.6 Å². The number of thiocarbonyl (C=S) groups is 1. The summed E-state index contributed by atoms with van der Waals surface area (Å²) in [6.45, 7) is 1.92. The maximum atomic E-state index is 5.53. The standard InChI is InChI=1S/C14H24N6S/c1-9-16-12(8-13(17-9)20(2)3)18-10-4-6-11(7-5-10)19-14(15)21/h8,10-11H,4-7H2,1-3H3,(H3,15,19,21)(H,16,17,18)/t10-,11+. The molecule has 0 saturated heterocycles. The molecule has 1 aromatic heterocycles. The smallest absolute Gasteiger partial charge is 0.163 e. The number of nitrogens with one attached hydrogen (secondary N) is 2. The number of aryl methyl sites for hydroxylation is 1. The number of nitrogens with two attached hydrogens (primary N) is 1. The lowest BCUT2D eigenvalue weighted by Gasteiger charge is -2.30. The van der Waals surface area contributed by atoms with Crippen molar-refractivity contribution >= 4 is 29.0 Å². The first-order valence-corrected chi connectivity index (χ1v) is 7.70. The molecule has 0 atom stereocenters. The Morgan fingerprint density at radius 1 is 1.24 bits per heavy atom. The van der Waals surface area contributed by atoms with Crippen LogP contribution in [0.1, 0.15) is 31.5 Å². The van der Waals surface area contributed by atoms with Gasteiger partial charge in [-0.1, -0.05) is 0 Å². The van der Waals surface area contributed by atoms with Crippen molar-refractivity contribution in [1.29, 1.82) is 0 Å². The van der Waals surface area contributed by atoms with Crippen LogP contribution in [0, 0.1) is 6.92 Å². The molecule has 0 aliphatic heterocycles. The van der Waals surface area contributed by atoms with Crippen molar-refractivity contribution in [3.63, 3.8) is 0 Å². The van der Waals surface area contributed by atoms with Crippen LogP contribution in [0.25, 0.3) is 0 Å². The fourth-order valence-electron chi connectivity index (χ4n) is 2.65. The molecule has 7 heteroatoms. The molecule has 1 aliphatic rings. The lowest BCUT2D eigenvalue weighted by Crippen LogP contribution is -2.42. The normalized spacial score (nSPS) is 21.7. The first-order chi connectivity index (χ1) is 9.94. The Hall–Kier alpha value is -1.63. The van der Waals surface area contributed by atoms with E-state index in [1.807, 2.05) is 32.0 Å². The fourth-order valence-corrected chi connectivity index (χ4v) is 2.81. The molecule has 0 bridgehead atoms. The van der Waals surface area contributed by atoms with Gasteiger partial charge in [-0.2, -0.15) is 0 Å². The van der Waals surface area contributed by atoms with Crippen LogP contribution >= 0.6 is 12.2 Å². The molecule has 1 aliphatic carbocycles. The molecule has 0 radical (unpaired) electrons. The van der Waals surface area contributed by atoms with Crippen LogP contribution in [-0.2, 0) is 0 Å². The summed E-state index contributed by atoms with van der Waals surface area (Å²) in [5.41, 5.74) is 5.53. The van der Waals surface area contributed by atoms with Gasteiger partial charge in [-0.3, -0.25) is 0 Å². The van der Waals surface area contributed by atoms with E-state index in [-0.39, 0.29) is 0 Å². The second-order valence-electron chi connectivity index (χ2n) is 5.75. The van der Waals surface area contributed by atoms with Crippen molar-refractivity contribution in [2.75, 3.05) is 24.3 Å². The number of hydrogen-bond donors (Lipinski definition) is 3. The van der Waals surface area contributed by atoms with Crippen molar-refractivity contribution in [3.8, 4) is 0 Å². The van der Waals surface area contributed by atoms with Gasteiger partial charge in [-0.25, -0.2) is 9.97 Å². The third kappa shape index (κ3) is 4.70. The molecule has 2 rings (SSSR count). The quantitative estimate of drug-likeness (QED) is 0.726. The summed E-state index contributed by atoms with van der Waals surface area (Å²) in [5.74, 6) is 2.61. The molecular weight excluding hydrogens is 284 g/mol. The average Bonchev–Trinajstić information content (AvgIpc) is 2.39. The Balaban J connectivity index is 1.93. The van der Waals surface area contributed by atoms with Gasteiger partial charge >= 0.3 is 0 Å². The summed E-state index contributed by atoms with van der Waals surface area (Å²) in [4.78, 5) is 10.9. The van der Waals surface area contributed by atoms with Gasteiger partial charge in [0.1, 0.15) is 17.5 Å². The predicted octanol–water partition coefficient (Wildman–Crippen LogP) is 1.41. The van der Waals surface area contributed by atoms with Gasteiger partial charge in [0.05, 0.1) is 0 Å². The van der Waals surface area contributed by atoms with Gasteiger partial charge in [-0.15, -0.1) is 0 Å². The van der Waals surface area contributed by atoms with Gasteiger partial charge in [0, 0.05) is 32.2 Å². The minimum atomic E-state index is 0.397. The Labute approximate surface area is 131 Å². The van der Waals surface area contributed by atoms with Gasteiger partial charge in [-0.05, 0) is 44.8 Å². The predicted molar refractivity (Wildman–Crippen MR) is 90.7 cm³/mol. The fraction of sp³-hybridized carbons (Fsp3) is 0.643. The van der Waals surface area contributed by atoms with Gasteiger partial charge < -0.3 is 21.3 Å². The molecule has 0 aromatic carbocycles. The van der Waals surface area contributed by atoms with Crippen molar-refractivity contribution in [2.24, 2.45) is 5.73 Å². The molecule has 4 N–H and O–H groups in total. The summed E-state index contributed by atoms with van der Waals surface area (Å²) in [5, 5.41) is 7.07. The highest BCUT2D eigenvalue weighted by molar-refractivity contribution is 7.80. The molecular formula is C14H24N6S. The minimum absolute atomic E-state index is 0.397. The maximum absolute atomic E-state index is 5.53. The van der Waals surface area contributed by atoms with Gasteiger partial charge in [0.15, 0.2) is 5.11 Å². The first kappa shape index (κ1) is 15.8. The third-order valence-corrected chi connectivity index (χ3v) is 3.83. The minimum Gasteiger partial charge on any atom is -0.376 e. The monoisotopic (exact) mass is 308 g/mol. The SMILES string of the molecule is Cc1nc(N[C@H]2CC[C@@H](NC(N)=S)CC2)cc(N(C)C)n1. The Kier molecular flexibility index (Phi) is 5.17. The second kappa shape index (κ2) is 6.89. The van der Waals surface area contributed by atoms with Crippen molar-refractivity contribution in [3.05, 3.63) is 11.9 Å². The van der Waals surface area contributed by atoms with E-state index in [0.29, 0.717) is 17.2 Å². The summed E-state index contributed by atoms with van der Waals surface area (Å²) in [6.07, 6.45) is 4.31. The van der Waals surface area contributed by atoms with E-state index in [4.69, 9.17) is 18.0 Å². The lowest BCUT2D eigenvalue weighted by molar-refractivity contribution is 0.387. The van der Waals surface area contributed by atoms with E-state index >= 15 is 0 Å². The van der Waals surface area contributed by atoms with E-state index in [1.54, 1.807) is 0 Å². The van der Waals surface area contributed by atoms with Crippen LogP contribution in [0.3, 0.4) is 0 Å². The number of rotatable bonds is 4. The Morgan fingerprint density at radius 3 is 2.43 bits per heavy atom. The summed E-state index contributed by atoms with van der Waals surface area (Å²) < 4.78 is 0. The number of hydrogen-bond acceptors (Lipinski definition) is 5. The van der Waals surface area contributed by atoms with E-state index in [2.05, 4.69) is 20.6 Å². The highest BCUT2D eigenvalue weighted by Gasteiger charge is 2.21. The molecule has 1 fully saturated rings. The highest BCUT2D eigenvalue weighted by Crippen LogP contribution is 2.23. The van der Waals surface area contributed by atoms with Crippen LogP contribution < -0.4 is 21.3 Å². The maximum Gasteiger partial charge on any atom is 0.163 e. The highest BCUT2D eigenvalue weighted by atomic mass is 32.1. The summed E-state index contributed by atoms with van der Waals surface area (Å²) >= 11 is 4.89. The topological polar surface area (TPSA) is 79.1 Å². The molecule has 0 spiro atoms. The van der Waals surface area contributed by atoms with Crippen molar-refractivity contribution in [2.45, 2.75) is 44.7 Å². The number of anilines is 2. The van der Waals surface area contributed by atoms with Crippen molar-refractivity contribution < 1.29 is 0 Å². The first-order valence-electron chi connectivity index (χ1n) is 7.29. The summed E-state index contributed by atoms with van der Waals surface area (Å²) in [7, 11) is 3.97. The largest absolute Gasteiger partial charge is 0.376 e. The Morgan fingerprint density at radius 2 is 1.86 bits per heavy atom. The molecule has 1 heterocycles. The molecule has 1 aromatic rings. The zero-order valence-electron chi connectivity index (χ0n) is 12.9. The lowest BCUT2D eigenvalue weighted by atomic mass is 9.91. The van der Waals surface area contributed by atoms with E-state index in [9.17, 15) is 0 Å². The molecule has 0 amide bonds. The van der Waals surface area contributed by atoms with E-state index < -0.39 is 0 Å².